The molecule has 0 spiro atoms. The van der Waals surface area contributed by atoms with Gasteiger partial charge in [-0.2, -0.15) is 0 Å². The van der Waals surface area contributed by atoms with Crippen LogP contribution in [0.15, 0.2) is 16.7 Å². The molecule has 1 saturated heterocycles. The van der Waals surface area contributed by atoms with Crippen molar-refractivity contribution in [3.05, 3.63) is 21.8 Å². The third-order valence-electron chi connectivity index (χ3n) is 3.41. The van der Waals surface area contributed by atoms with Crippen LogP contribution in [-0.2, 0) is 0 Å². The predicted molar refractivity (Wildman–Crippen MR) is 80.4 cm³/mol. The maximum Gasteiger partial charge on any atom is 0.147 e. The number of nitrogens with one attached hydrogen (secondary N) is 1. The Morgan fingerprint density at radius 2 is 2.22 bits per heavy atom. The lowest BCUT2D eigenvalue weighted by Gasteiger charge is -2.30. The molecule has 0 bridgehead atoms. The van der Waals surface area contributed by atoms with Gasteiger partial charge in [-0.05, 0) is 60.8 Å². The lowest BCUT2D eigenvalue weighted by molar-refractivity contribution is 0.374. The van der Waals surface area contributed by atoms with E-state index in [2.05, 4.69) is 38.1 Å². The quantitative estimate of drug-likeness (QED) is 0.917. The van der Waals surface area contributed by atoms with Gasteiger partial charge in [0.1, 0.15) is 5.82 Å². The molecule has 0 radical (unpaired) electrons. The molecular formula is C13H19BrClN3. The van der Waals surface area contributed by atoms with Crippen molar-refractivity contribution in [2.75, 3.05) is 31.1 Å². The molecule has 100 valence electrons. The number of anilines is 1. The molecule has 1 aliphatic heterocycles. The van der Waals surface area contributed by atoms with Gasteiger partial charge in [0, 0.05) is 23.8 Å². The minimum absolute atomic E-state index is 0.722. The molecule has 1 aromatic rings. The Morgan fingerprint density at radius 1 is 1.50 bits per heavy atom. The second-order valence-electron chi connectivity index (χ2n) is 4.69. The molecule has 1 fully saturated rings. The van der Waals surface area contributed by atoms with Crippen LogP contribution in [0, 0.1) is 5.92 Å². The summed E-state index contributed by atoms with van der Waals surface area (Å²) in [6.45, 7) is 6.40. The molecule has 2 heterocycles. The molecule has 5 heteroatoms. The molecule has 0 atom stereocenters. The van der Waals surface area contributed by atoms with Gasteiger partial charge in [-0.25, -0.2) is 4.98 Å². The molecule has 0 aromatic carbocycles. The number of nitrogens with zero attached hydrogens (tertiary/aromatic N) is 2. The van der Waals surface area contributed by atoms with E-state index in [1.54, 1.807) is 0 Å². The Balaban J connectivity index is 2.07. The smallest absolute Gasteiger partial charge is 0.147 e. The molecule has 2 rings (SSSR count). The first-order valence-electron chi connectivity index (χ1n) is 6.47. The summed E-state index contributed by atoms with van der Waals surface area (Å²) in [5, 5.41) is 4.12. The SMILES string of the molecule is CCN(CC1CCNCC1)c1ncc(Br)cc1Cl. The zero-order valence-electron chi connectivity index (χ0n) is 10.6. The summed E-state index contributed by atoms with van der Waals surface area (Å²) < 4.78 is 0.925. The zero-order chi connectivity index (χ0) is 13.0. The van der Waals surface area contributed by atoms with Gasteiger partial charge in [-0.1, -0.05) is 11.6 Å². The maximum atomic E-state index is 6.27. The van der Waals surface area contributed by atoms with E-state index in [1.165, 1.54) is 12.8 Å². The summed E-state index contributed by atoms with van der Waals surface area (Å²) in [5.41, 5.74) is 0. The molecule has 3 nitrogen and oxygen atoms in total. The standard InChI is InChI=1S/C13H19BrClN3/c1-2-18(9-10-3-5-16-6-4-10)13-12(15)7-11(14)8-17-13/h7-8,10,16H,2-6,9H2,1H3. The Kier molecular flexibility index (Phi) is 5.27. The lowest BCUT2D eigenvalue weighted by atomic mass is 9.97. The molecule has 0 amide bonds. The molecular weight excluding hydrogens is 314 g/mol. The molecule has 0 unspecified atom stereocenters. The number of pyridine rings is 1. The van der Waals surface area contributed by atoms with Crippen LogP contribution in [0.25, 0.3) is 0 Å². The first kappa shape index (κ1) is 14.1. The van der Waals surface area contributed by atoms with Crippen molar-refractivity contribution in [2.24, 2.45) is 5.92 Å². The van der Waals surface area contributed by atoms with Crippen molar-refractivity contribution in [1.29, 1.82) is 0 Å². The van der Waals surface area contributed by atoms with Crippen molar-refractivity contribution < 1.29 is 0 Å². The Bertz CT molecular complexity index is 394. The maximum absolute atomic E-state index is 6.27. The summed E-state index contributed by atoms with van der Waals surface area (Å²) in [7, 11) is 0. The highest BCUT2D eigenvalue weighted by Crippen LogP contribution is 2.27. The van der Waals surface area contributed by atoms with E-state index in [0.717, 1.165) is 47.4 Å². The fraction of sp³-hybridized carbons (Fsp3) is 0.615. The Morgan fingerprint density at radius 3 is 2.83 bits per heavy atom. The highest BCUT2D eigenvalue weighted by atomic mass is 79.9. The summed E-state index contributed by atoms with van der Waals surface area (Å²) in [6, 6.07) is 1.91. The van der Waals surface area contributed by atoms with E-state index >= 15 is 0 Å². The van der Waals surface area contributed by atoms with E-state index < -0.39 is 0 Å². The van der Waals surface area contributed by atoms with E-state index in [9.17, 15) is 0 Å². The number of aromatic nitrogens is 1. The van der Waals surface area contributed by atoms with Crippen LogP contribution in [-0.4, -0.2) is 31.2 Å². The lowest BCUT2D eigenvalue weighted by Crippen LogP contribution is -2.36. The second kappa shape index (κ2) is 6.73. The van der Waals surface area contributed by atoms with Crippen LogP contribution < -0.4 is 10.2 Å². The number of piperidine rings is 1. The van der Waals surface area contributed by atoms with Gasteiger partial charge >= 0.3 is 0 Å². The molecule has 18 heavy (non-hydrogen) atoms. The van der Waals surface area contributed by atoms with Gasteiger partial charge in [0.2, 0.25) is 0 Å². The van der Waals surface area contributed by atoms with E-state index in [0.29, 0.717) is 0 Å². The average molecular weight is 333 g/mol. The summed E-state index contributed by atoms with van der Waals surface area (Å²) >= 11 is 9.67. The van der Waals surface area contributed by atoms with Crippen molar-refractivity contribution in [1.82, 2.24) is 10.3 Å². The van der Waals surface area contributed by atoms with E-state index in [1.807, 2.05) is 12.3 Å². The Labute approximate surface area is 122 Å². The van der Waals surface area contributed by atoms with E-state index in [4.69, 9.17) is 11.6 Å². The monoisotopic (exact) mass is 331 g/mol. The minimum atomic E-state index is 0.722. The zero-order valence-corrected chi connectivity index (χ0v) is 13.0. The first-order chi connectivity index (χ1) is 8.70. The van der Waals surface area contributed by atoms with Crippen molar-refractivity contribution >= 4 is 33.3 Å². The topological polar surface area (TPSA) is 28.2 Å². The van der Waals surface area contributed by atoms with Crippen LogP contribution in [0.5, 0.6) is 0 Å². The van der Waals surface area contributed by atoms with Gasteiger partial charge < -0.3 is 10.2 Å². The highest BCUT2D eigenvalue weighted by molar-refractivity contribution is 9.10. The third kappa shape index (κ3) is 3.59. The van der Waals surface area contributed by atoms with Crippen LogP contribution in [0.2, 0.25) is 5.02 Å². The highest BCUT2D eigenvalue weighted by Gasteiger charge is 2.18. The number of hydrogen-bond donors (Lipinski definition) is 1. The minimum Gasteiger partial charge on any atom is -0.355 e. The largest absolute Gasteiger partial charge is 0.355 e. The fourth-order valence-electron chi connectivity index (χ4n) is 2.38. The van der Waals surface area contributed by atoms with Crippen molar-refractivity contribution in [3.8, 4) is 0 Å². The predicted octanol–water partition coefficient (Wildman–Crippen LogP) is 3.32. The molecule has 1 aliphatic rings. The van der Waals surface area contributed by atoms with Gasteiger partial charge in [-0.3, -0.25) is 0 Å². The van der Waals surface area contributed by atoms with Gasteiger partial charge in [-0.15, -0.1) is 0 Å². The van der Waals surface area contributed by atoms with Gasteiger partial charge in [0.25, 0.3) is 0 Å². The molecule has 1 aromatic heterocycles. The van der Waals surface area contributed by atoms with Crippen molar-refractivity contribution in [2.45, 2.75) is 19.8 Å². The molecule has 0 saturated carbocycles. The third-order valence-corrected chi connectivity index (χ3v) is 4.12. The Hall–Kier alpha value is -0.320. The summed E-state index contributed by atoms with van der Waals surface area (Å²) in [6.07, 6.45) is 4.29. The fourth-order valence-corrected chi connectivity index (χ4v) is 3.13. The van der Waals surface area contributed by atoms with E-state index in [-0.39, 0.29) is 0 Å². The number of halogens is 2. The number of rotatable bonds is 4. The van der Waals surface area contributed by atoms with Crippen molar-refractivity contribution in [3.63, 3.8) is 0 Å². The summed E-state index contributed by atoms with van der Waals surface area (Å²) in [5.74, 6) is 1.65. The van der Waals surface area contributed by atoms with Crippen LogP contribution in [0.1, 0.15) is 19.8 Å². The average Bonchev–Trinajstić information content (AvgIpc) is 2.38. The normalized spacial score (nSPS) is 16.8. The van der Waals surface area contributed by atoms with Crippen LogP contribution >= 0.6 is 27.5 Å². The van der Waals surface area contributed by atoms with Crippen LogP contribution in [0.3, 0.4) is 0 Å². The molecule has 0 aliphatic carbocycles. The molecule has 1 N–H and O–H groups in total. The van der Waals surface area contributed by atoms with Gasteiger partial charge in [0.05, 0.1) is 5.02 Å². The van der Waals surface area contributed by atoms with Gasteiger partial charge in [0.15, 0.2) is 0 Å². The van der Waals surface area contributed by atoms with Crippen LogP contribution in [0.4, 0.5) is 5.82 Å². The summed E-state index contributed by atoms with van der Waals surface area (Å²) in [4.78, 5) is 6.73. The number of hydrogen-bond acceptors (Lipinski definition) is 3. The second-order valence-corrected chi connectivity index (χ2v) is 6.01. The first-order valence-corrected chi connectivity index (χ1v) is 7.64.